The predicted octanol–water partition coefficient (Wildman–Crippen LogP) is 2.81. The van der Waals surface area contributed by atoms with Crippen molar-refractivity contribution in [3.05, 3.63) is 54.2 Å². The number of H-pyrrole nitrogens is 1. The molecule has 3 aromatic rings. The number of anilines is 1. The summed E-state index contributed by atoms with van der Waals surface area (Å²) in [6.45, 7) is 0. The third-order valence-corrected chi connectivity index (χ3v) is 4.80. The molecule has 0 aliphatic carbocycles. The molecular formula is C15H11F2N3O3S. The van der Waals surface area contributed by atoms with Gasteiger partial charge in [0, 0.05) is 10.9 Å². The predicted molar refractivity (Wildman–Crippen MR) is 83.7 cm³/mol. The smallest absolute Gasteiger partial charge is 0.320 e. The average molecular weight is 351 g/mol. The summed E-state index contributed by atoms with van der Waals surface area (Å²) in [6, 6.07) is 9.55. The number of carbonyl (C=O) groups excluding carboxylic acids is 1. The van der Waals surface area contributed by atoms with Gasteiger partial charge in [-0.15, -0.1) is 0 Å². The molecular weight excluding hydrogens is 340 g/mol. The highest BCUT2D eigenvalue weighted by molar-refractivity contribution is 7.91. The first-order valence-corrected chi connectivity index (χ1v) is 8.30. The standard InChI is InChI=1S/C15H11F2N3O3S/c16-15(17)24(22,23)11-6-4-9(5-7-11)14(21)19-12-3-1-2-10-8-18-20-13(10)12/h1-8,15H,(H,18,20)(H,19,21). The van der Waals surface area contributed by atoms with Crippen LogP contribution in [-0.4, -0.2) is 30.3 Å². The van der Waals surface area contributed by atoms with Crippen LogP contribution in [0.5, 0.6) is 0 Å². The summed E-state index contributed by atoms with van der Waals surface area (Å²) in [6.07, 6.45) is 1.61. The molecule has 2 N–H and O–H groups in total. The van der Waals surface area contributed by atoms with Crippen molar-refractivity contribution in [2.45, 2.75) is 10.7 Å². The number of hydrogen-bond donors (Lipinski definition) is 2. The van der Waals surface area contributed by atoms with Gasteiger partial charge in [-0.05, 0) is 30.3 Å². The number of aromatic amines is 1. The third kappa shape index (κ3) is 2.85. The summed E-state index contributed by atoms with van der Waals surface area (Å²) < 4.78 is 47.7. The van der Waals surface area contributed by atoms with Crippen molar-refractivity contribution < 1.29 is 22.0 Å². The average Bonchev–Trinajstić information content (AvgIpc) is 3.04. The van der Waals surface area contributed by atoms with Crippen LogP contribution >= 0.6 is 0 Å². The topological polar surface area (TPSA) is 91.9 Å². The van der Waals surface area contributed by atoms with Gasteiger partial charge in [0.1, 0.15) is 0 Å². The quantitative estimate of drug-likeness (QED) is 0.756. The van der Waals surface area contributed by atoms with Gasteiger partial charge in [-0.3, -0.25) is 9.89 Å². The number of sulfone groups is 1. The molecule has 0 bridgehead atoms. The van der Waals surface area contributed by atoms with Gasteiger partial charge in [-0.25, -0.2) is 8.42 Å². The van der Waals surface area contributed by atoms with E-state index in [-0.39, 0.29) is 5.56 Å². The maximum Gasteiger partial charge on any atom is 0.341 e. The minimum atomic E-state index is -4.68. The van der Waals surface area contributed by atoms with Gasteiger partial charge in [-0.2, -0.15) is 13.9 Å². The summed E-state index contributed by atoms with van der Waals surface area (Å²) in [5.74, 6) is -4.01. The number of amides is 1. The number of hydrogen-bond acceptors (Lipinski definition) is 4. The maximum atomic E-state index is 12.5. The van der Waals surface area contributed by atoms with E-state index < -0.39 is 26.4 Å². The van der Waals surface area contributed by atoms with Crippen LogP contribution in [0.1, 0.15) is 10.4 Å². The Labute approximate surface area is 135 Å². The molecule has 1 aromatic heterocycles. The number of para-hydroxylation sites is 1. The molecule has 3 rings (SSSR count). The Balaban J connectivity index is 1.85. The SMILES string of the molecule is O=C(Nc1cccc2cn[nH]c12)c1ccc(S(=O)(=O)C(F)F)cc1. The van der Waals surface area contributed by atoms with E-state index in [1.807, 2.05) is 6.07 Å². The maximum absolute atomic E-state index is 12.5. The van der Waals surface area contributed by atoms with Crippen molar-refractivity contribution in [1.82, 2.24) is 10.2 Å². The van der Waals surface area contributed by atoms with Gasteiger partial charge in [-0.1, -0.05) is 12.1 Å². The summed E-state index contributed by atoms with van der Waals surface area (Å²) in [5.41, 5.74) is 1.28. The van der Waals surface area contributed by atoms with Crippen molar-refractivity contribution in [3.8, 4) is 0 Å². The van der Waals surface area contributed by atoms with E-state index >= 15 is 0 Å². The number of nitrogens with zero attached hydrogens (tertiary/aromatic N) is 1. The number of halogens is 2. The van der Waals surface area contributed by atoms with Crippen molar-refractivity contribution in [3.63, 3.8) is 0 Å². The monoisotopic (exact) mass is 351 g/mol. The van der Waals surface area contributed by atoms with Gasteiger partial charge in [0.2, 0.25) is 9.84 Å². The molecule has 0 unspecified atom stereocenters. The largest absolute Gasteiger partial charge is 0.341 e. The zero-order chi connectivity index (χ0) is 17.3. The van der Waals surface area contributed by atoms with Crippen LogP contribution in [-0.2, 0) is 9.84 Å². The summed E-state index contributed by atoms with van der Waals surface area (Å²) in [5, 5.41) is 10.1. The fraction of sp³-hybridized carbons (Fsp3) is 0.0667. The summed E-state index contributed by atoms with van der Waals surface area (Å²) in [7, 11) is -4.68. The van der Waals surface area contributed by atoms with Gasteiger partial charge >= 0.3 is 5.76 Å². The van der Waals surface area contributed by atoms with Gasteiger partial charge in [0.25, 0.3) is 5.91 Å². The lowest BCUT2D eigenvalue weighted by Gasteiger charge is -2.07. The van der Waals surface area contributed by atoms with E-state index in [0.29, 0.717) is 11.2 Å². The number of fused-ring (bicyclic) bond motifs is 1. The Hall–Kier alpha value is -2.81. The molecule has 124 valence electrons. The first-order chi connectivity index (χ1) is 11.4. The molecule has 1 heterocycles. The first-order valence-electron chi connectivity index (χ1n) is 6.75. The molecule has 0 spiro atoms. The van der Waals surface area contributed by atoms with Crippen molar-refractivity contribution in [1.29, 1.82) is 0 Å². The Morgan fingerprint density at radius 3 is 2.50 bits per heavy atom. The molecule has 0 saturated carbocycles. The lowest BCUT2D eigenvalue weighted by Crippen LogP contribution is -2.14. The molecule has 9 heteroatoms. The van der Waals surface area contributed by atoms with Crippen molar-refractivity contribution in [2.75, 3.05) is 5.32 Å². The number of benzene rings is 2. The van der Waals surface area contributed by atoms with Crippen LogP contribution in [0, 0.1) is 0 Å². The van der Waals surface area contributed by atoms with Gasteiger partial charge < -0.3 is 5.32 Å². The fourth-order valence-corrected chi connectivity index (χ4v) is 2.89. The minimum absolute atomic E-state index is 0.139. The highest BCUT2D eigenvalue weighted by Gasteiger charge is 2.26. The number of aromatic nitrogens is 2. The van der Waals surface area contributed by atoms with E-state index in [4.69, 9.17) is 0 Å². The van der Waals surface area contributed by atoms with Crippen LogP contribution in [0.15, 0.2) is 53.6 Å². The second kappa shape index (κ2) is 6.00. The summed E-state index contributed by atoms with van der Waals surface area (Å²) in [4.78, 5) is 11.7. The summed E-state index contributed by atoms with van der Waals surface area (Å²) >= 11 is 0. The lowest BCUT2D eigenvalue weighted by molar-refractivity contribution is 0.102. The van der Waals surface area contributed by atoms with Gasteiger partial charge in [0.05, 0.1) is 22.3 Å². The normalized spacial score (nSPS) is 11.8. The van der Waals surface area contributed by atoms with Crippen LogP contribution in [0.4, 0.5) is 14.5 Å². The zero-order valence-corrected chi connectivity index (χ0v) is 12.8. The Morgan fingerprint density at radius 2 is 1.83 bits per heavy atom. The molecule has 0 saturated heterocycles. The minimum Gasteiger partial charge on any atom is -0.320 e. The lowest BCUT2D eigenvalue weighted by atomic mass is 10.2. The zero-order valence-electron chi connectivity index (χ0n) is 12.0. The number of carbonyl (C=O) groups is 1. The molecule has 0 atom stereocenters. The molecule has 6 nitrogen and oxygen atoms in total. The molecule has 0 aliphatic heterocycles. The highest BCUT2D eigenvalue weighted by Crippen LogP contribution is 2.22. The van der Waals surface area contributed by atoms with Crippen molar-refractivity contribution >= 4 is 32.3 Å². The van der Waals surface area contributed by atoms with E-state index in [1.165, 1.54) is 12.1 Å². The van der Waals surface area contributed by atoms with E-state index in [2.05, 4.69) is 15.5 Å². The van der Waals surface area contributed by atoms with Crippen LogP contribution < -0.4 is 5.32 Å². The Morgan fingerprint density at radius 1 is 1.12 bits per heavy atom. The first kappa shape index (κ1) is 16.1. The molecule has 0 aliphatic rings. The van der Waals surface area contributed by atoms with E-state index in [9.17, 15) is 22.0 Å². The second-order valence-electron chi connectivity index (χ2n) is 4.92. The molecule has 0 radical (unpaired) electrons. The molecule has 2 aromatic carbocycles. The molecule has 1 amide bonds. The molecule has 24 heavy (non-hydrogen) atoms. The van der Waals surface area contributed by atoms with E-state index in [1.54, 1.807) is 18.3 Å². The van der Waals surface area contributed by atoms with Crippen molar-refractivity contribution in [2.24, 2.45) is 0 Å². The third-order valence-electron chi connectivity index (χ3n) is 3.40. The molecule has 0 fully saturated rings. The van der Waals surface area contributed by atoms with Crippen LogP contribution in [0.3, 0.4) is 0 Å². The number of nitrogens with one attached hydrogen (secondary N) is 2. The Bertz CT molecular complexity index is 998. The number of alkyl halides is 2. The van der Waals surface area contributed by atoms with Crippen LogP contribution in [0.2, 0.25) is 0 Å². The number of rotatable bonds is 4. The van der Waals surface area contributed by atoms with Gasteiger partial charge in [0.15, 0.2) is 0 Å². The fourth-order valence-electron chi connectivity index (χ4n) is 2.17. The highest BCUT2D eigenvalue weighted by atomic mass is 32.2. The second-order valence-corrected chi connectivity index (χ2v) is 6.84. The van der Waals surface area contributed by atoms with Crippen LogP contribution in [0.25, 0.3) is 10.9 Å². The Kier molecular flexibility index (Phi) is 4.02. The van der Waals surface area contributed by atoms with E-state index in [0.717, 1.165) is 17.5 Å².